The van der Waals surface area contributed by atoms with Gasteiger partial charge in [-0.25, -0.2) is 0 Å². The van der Waals surface area contributed by atoms with Crippen molar-refractivity contribution < 1.29 is 14.3 Å². The van der Waals surface area contributed by atoms with Gasteiger partial charge in [0.15, 0.2) is 0 Å². The van der Waals surface area contributed by atoms with Gasteiger partial charge in [0, 0.05) is 31.1 Å². The minimum atomic E-state index is 0.0544. The Morgan fingerprint density at radius 1 is 1.03 bits per heavy atom. The van der Waals surface area contributed by atoms with E-state index in [1.54, 1.807) is 7.11 Å². The van der Waals surface area contributed by atoms with Crippen molar-refractivity contribution in [3.05, 3.63) is 40.1 Å². The number of likely N-dealkylation sites (N-methyl/N-ethyl adjacent to an activating group) is 1. The van der Waals surface area contributed by atoms with Crippen LogP contribution in [0.2, 0.25) is 0 Å². The molecule has 0 saturated carbocycles. The number of hydrogen-bond acceptors (Lipinski definition) is 5. The van der Waals surface area contributed by atoms with Crippen LogP contribution in [-0.2, 0) is 4.79 Å². The Balaban J connectivity index is 1.62. The van der Waals surface area contributed by atoms with Crippen LogP contribution < -0.4 is 4.74 Å². The molecule has 1 aliphatic heterocycles. The lowest BCUT2D eigenvalue weighted by molar-refractivity contribution is -0.133. The van der Waals surface area contributed by atoms with Crippen molar-refractivity contribution in [2.24, 2.45) is 0 Å². The summed E-state index contributed by atoms with van der Waals surface area (Å²) >= 11 is 1.53. The number of rotatable bonds is 7. The second-order valence-electron chi connectivity index (χ2n) is 7.44. The predicted octanol–water partition coefficient (Wildman–Crippen LogP) is 3.36. The lowest BCUT2D eigenvalue weighted by Crippen LogP contribution is -2.52. The summed E-state index contributed by atoms with van der Waals surface area (Å²) in [6, 6.07) is 9.89. The van der Waals surface area contributed by atoms with Crippen LogP contribution in [0, 0.1) is 6.92 Å². The summed E-state index contributed by atoms with van der Waals surface area (Å²) in [6.45, 7) is 10.7. The van der Waals surface area contributed by atoms with Gasteiger partial charge >= 0.3 is 0 Å². The van der Waals surface area contributed by atoms with E-state index >= 15 is 0 Å². The lowest BCUT2D eigenvalue weighted by Gasteiger charge is -2.35. The van der Waals surface area contributed by atoms with Gasteiger partial charge in [-0.1, -0.05) is 26.0 Å². The minimum Gasteiger partial charge on any atom is -0.497 e. The fourth-order valence-electron chi connectivity index (χ4n) is 3.70. The Kier molecular flexibility index (Phi) is 7.50. The van der Waals surface area contributed by atoms with Crippen molar-refractivity contribution in [1.29, 1.82) is 0 Å². The van der Waals surface area contributed by atoms with Gasteiger partial charge in [-0.3, -0.25) is 14.5 Å². The largest absolute Gasteiger partial charge is 0.497 e. The smallest absolute Gasteiger partial charge is 0.264 e. The molecule has 0 spiro atoms. The molecule has 30 heavy (non-hydrogen) atoms. The van der Waals surface area contributed by atoms with Crippen LogP contribution in [0.1, 0.15) is 28.4 Å². The number of hydrogen-bond donors (Lipinski definition) is 0. The van der Waals surface area contributed by atoms with Crippen molar-refractivity contribution in [1.82, 2.24) is 14.7 Å². The molecule has 6 nitrogen and oxygen atoms in total. The van der Waals surface area contributed by atoms with Gasteiger partial charge in [0.2, 0.25) is 5.91 Å². The highest BCUT2D eigenvalue weighted by molar-refractivity contribution is 7.14. The van der Waals surface area contributed by atoms with E-state index in [0.717, 1.165) is 39.7 Å². The molecule has 1 saturated heterocycles. The summed E-state index contributed by atoms with van der Waals surface area (Å²) in [4.78, 5) is 33.3. The number of aryl methyl sites for hydroxylation is 1. The molecule has 7 heteroatoms. The van der Waals surface area contributed by atoms with Crippen LogP contribution in [0.3, 0.4) is 0 Å². The number of nitrogens with zero attached hydrogens (tertiary/aromatic N) is 3. The topological polar surface area (TPSA) is 53.1 Å². The first-order valence-electron chi connectivity index (χ1n) is 10.5. The zero-order valence-electron chi connectivity index (χ0n) is 18.3. The number of carbonyl (C=O) groups excluding carboxylic acids is 2. The molecule has 162 valence electrons. The second kappa shape index (κ2) is 10.1. The van der Waals surface area contributed by atoms with Crippen molar-refractivity contribution in [3.63, 3.8) is 0 Å². The third-order valence-electron chi connectivity index (χ3n) is 5.70. The Morgan fingerprint density at radius 2 is 1.63 bits per heavy atom. The van der Waals surface area contributed by atoms with Gasteiger partial charge in [-0.15, -0.1) is 11.3 Å². The zero-order valence-corrected chi connectivity index (χ0v) is 19.1. The maximum atomic E-state index is 13.0. The first kappa shape index (κ1) is 22.3. The number of methoxy groups -OCH3 is 1. The summed E-state index contributed by atoms with van der Waals surface area (Å²) in [5.41, 5.74) is 2.16. The van der Waals surface area contributed by atoms with Crippen LogP contribution in [-0.4, -0.2) is 79.4 Å². The fourth-order valence-corrected chi connectivity index (χ4v) is 4.71. The summed E-state index contributed by atoms with van der Waals surface area (Å²) < 4.78 is 5.23. The van der Waals surface area contributed by atoms with Gasteiger partial charge < -0.3 is 14.5 Å². The Bertz CT molecular complexity index is 866. The van der Waals surface area contributed by atoms with Crippen LogP contribution in [0.25, 0.3) is 11.1 Å². The van der Waals surface area contributed by atoms with Crippen LogP contribution >= 0.6 is 11.3 Å². The normalized spacial score (nSPS) is 14.3. The fraction of sp³-hybridized carbons (Fsp3) is 0.478. The van der Waals surface area contributed by atoms with Crippen molar-refractivity contribution in [2.75, 3.05) is 52.9 Å². The molecular formula is C23H31N3O3S. The van der Waals surface area contributed by atoms with E-state index in [1.807, 2.05) is 47.1 Å². The molecule has 2 heterocycles. The maximum Gasteiger partial charge on any atom is 0.264 e. The second-order valence-corrected chi connectivity index (χ2v) is 8.70. The van der Waals surface area contributed by atoms with Crippen molar-refractivity contribution in [3.8, 4) is 16.9 Å². The van der Waals surface area contributed by atoms with E-state index in [9.17, 15) is 9.59 Å². The first-order chi connectivity index (χ1) is 14.5. The summed E-state index contributed by atoms with van der Waals surface area (Å²) in [7, 11) is 1.65. The molecule has 1 aromatic carbocycles. The summed E-state index contributed by atoms with van der Waals surface area (Å²) in [5, 5.41) is 0. The number of thiophene rings is 1. The zero-order chi connectivity index (χ0) is 21.7. The Hall–Kier alpha value is -2.38. The SMILES string of the molecule is CCN(CC)CC(=O)N1CCN(C(=O)c2cc(-c3ccc(OC)cc3)c(C)s2)CC1. The molecule has 0 radical (unpaired) electrons. The van der Waals surface area contributed by atoms with Crippen molar-refractivity contribution >= 4 is 23.2 Å². The van der Waals surface area contributed by atoms with Gasteiger partial charge in [-0.05, 0) is 49.3 Å². The highest BCUT2D eigenvalue weighted by atomic mass is 32.1. The highest BCUT2D eigenvalue weighted by Crippen LogP contribution is 2.32. The Labute approximate surface area is 183 Å². The van der Waals surface area contributed by atoms with Gasteiger partial charge in [0.25, 0.3) is 5.91 Å². The highest BCUT2D eigenvalue weighted by Gasteiger charge is 2.26. The minimum absolute atomic E-state index is 0.0544. The molecule has 0 atom stereocenters. The van der Waals surface area contributed by atoms with Gasteiger partial charge in [0.05, 0.1) is 18.5 Å². The molecule has 0 N–H and O–H groups in total. The number of amides is 2. The van der Waals surface area contributed by atoms with E-state index in [-0.39, 0.29) is 11.8 Å². The number of carbonyl (C=O) groups is 2. The standard InChI is InChI=1S/C23H31N3O3S/c1-5-24(6-2)16-22(27)25-11-13-26(14-12-25)23(28)21-15-20(17(3)30-21)18-7-9-19(29-4)10-8-18/h7-10,15H,5-6,11-14,16H2,1-4H3. The van der Waals surface area contributed by atoms with Gasteiger partial charge in [-0.2, -0.15) is 0 Å². The third kappa shape index (κ3) is 5.02. The molecule has 3 rings (SSSR count). The van der Waals surface area contributed by atoms with Crippen molar-refractivity contribution in [2.45, 2.75) is 20.8 Å². The predicted molar refractivity (Wildman–Crippen MR) is 121 cm³/mol. The molecule has 0 aliphatic carbocycles. The van der Waals surface area contributed by atoms with Crippen LogP contribution in [0.15, 0.2) is 30.3 Å². The lowest BCUT2D eigenvalue weighted by atomic mass is 10.1. The molecule has 2 aromatic rings. The number of ether oxygens (including phenoxy) is 1. The molecule has 1 aliphatic rings. The van der Waals surface area contributed by atoms with E-state index in [1.165, 1.54) is 11.3 Å². The summed E-state index contributed by atoms with van der Waals surface area (Å²) in [6.07, 6.45) is 0. The molecule has 0 bridgehead atoms. The third-order valence-corrected chi connectivity index (χ3v) is 6.74. The number of piperazine rings is 1. The maximum absolute atomic E-state index is 13.0. The molecule has 1 aromatic heterocycles. The van der Waals surface area contributed by atoms with Gasteiger partial charge in [0.1, 0.15) is 5.75 Å². The quantitative estimate of drug-likeness (QED) is 0.677. The first-order valence-corrected chi connectivity index (χ1v) is 11.3. The van der Waals surface area contributed by atoms with E-state index < -0.39 is 0 Å². The molecule has 1 fully saturated rings. The average Bonchev–Trinajstić information content (AvgIpc) is 3.18. The molecular weight excluding hydrogens is 398 g/mol. The van der Waals surface area contributed by atoms with E-state index in [0.29, 0.717) is 32.7 Å². The number of benzene rings is 1. The molecule has 2 amide bonds. The monoisotopic (exact) mass is 429 g/mol. The Morgan fingerprint density at radius 3 is 2.20 bits per heavy atom. The van der Waals surface area contributed by atoms with Crippen LogP contribution in [0.4, 0.5) is 0 Å². The van der Waals surface area contributed by atoms with E-state index in [4.69, 9.17) is 4.74 Å². The van der Waals surface area contributed by atoms with E-state index in [2.05, 4.69) is 18.7 Å². The average molecular weight is 430 g/mol. The summed E-state index contributed by atoms with van der Waals surface area (Å²) in [5.74, 6) is 1.02. The van der Waals surface area contributed by atoms with Crippen LogP contribution in [0.5, 0.6) is 5.75 Å². The molecule has 0 unspecified atom stereocenters.